The minimum atomic E-state index is -0.865. The molecule has 1 fully saturated rings. The van der Waals surface area contributed by atoms with Crippen molar-refractivity contribution in [2.75, 3.05) is 11.9 Å². The number of hydrogen-bond donors (Lipinski definition) is 1. The fourth-order valence-corrected chi connectivity index (χ4v) is 2.74. The minimum Gasteiger partial charge on any atom is -0.364 e. The maximum atomic E-state index is 13.8. The lowest BCUT2D eigenvalue weighted by molar-refractivity contribution is -0.0974. The second kappa shape index (κ2) is 5.95. The van der Waals surface area contributed by atoms with Crippen molar-refractivity contribution in [3.05, 3.63) is 47.0 Å². The maximum Gasteiger partial charge on any atom is 0.312 e. The zero-order valence-corrected chi connectivity index (χ0v) is 13.1. The molecular weight excluding hydrogens is 340 g/mol. The summed E-state index contributed by atoms with van der Waals surface area (Å²) < 4.78 is 33.9. The lowest BCUT2D eigenvalue weighted by atomic mass is 10.2. The Morgan fingerprint density at radius 1 is 1.33 bits per heavy atom. The van der Waals surface area contributed by atoms with Gasteiger partial charge in [-0.3, -0.25) is 4.57 Å². The summed E-state index contributed by atoms with van der Waals surface area (Å²) in [4.78, 5) is 11.8. The molecule has 0 spiro atoms. The van der Waals surface area contributed by atoms with Crippen LogP contribution in [0.5, 0.6) is 0 Å². The third kappa shape index (κ3) is 2.67. The summed E-state index contributed by atoms with van der Waals surface area (Å²) in [5.74, 6) is -0.172. The molecule has 0 radical (unpaired) electrons. The third-order valence-corrected chi connectivity index (χ3v) is 4.19. The fourth-order valence-electron chi connectivity index (χ4n) is 2.51. The molecule has 0 bridgehead atoms. The summed E-state index contributed by atoms with van der Waals surface area (Å²) >= 11 is 5.99. The molecule has 124 valence electrons. The normalized spacial score (nSPS) is 17.0. The van der Waals surface area contributed by atoms with Crippen LogP contribution in [0.2, 0.25) is 5.02 Å². The molecule has 1 aromatic carbocycles. The highest BCUT2D eigenvalue weighted by Gasteiger charge is 2.24. The van der Waals surface area contributed by atoms with Crippen LogP contribution in [0.4, 0.5) is 14.6 Å². The predicted octanol–water partition coefficient (Wildman–Crippen LogP) is 3.29. The van der Waals surface area contributed by atoms with Gasteiger partial charge in [-0.2, -0.15) is 14.4 Å². The van der Waals surface area contributed by atoms with Gasteiger partial charge in [-0.05, 0) is 17.7 Å². The van der Waals surface area contributed by atoms with Crippen molar-refractivity contribution in [3.8, 4) is 0 Å². The molecule has 3 heterocycles. The summed E-state index contributed by atoms with van der Waals surface area (Å²) in [7, 11) is 0. The first-order chi connectivity index (χ1) is 11.6. The standard InChI is InChI=1S/C15H12ClF2N5O/c16-10-5-9(17)2-1-8(10)6-19-13-12-14(22-15(18)21-13)23(7-20-12)11-3-4-24-11/h1-2,5,7,11H,3-4,6H2,(H,19,21,22). The molecule has 9 heteroatoms. The summed E-state index contributed by atoms with van der Waals surface area (Å²) in [5.41, 5.74) is 1.46. The van der Waals surface area contributed by atoms with Crippen LogP contribution in [0.3, 0.4) is 0 Å². The Morgan fingerprint density at radius 3 is 2.88 bits per heavy atom. The molecule has 1 atom stereocenters. The zero-order valence-electron chi connectivity index (χ0n) is 12.3. The van der Waals surface area contributed by atoms with Crippen LogP contribution < -0.4 is 5.32 Å². The molecule has 1 unspecified atom stereocenters. The third-order valence-electron chi connectivity index (χ3n) is 3.84. The molecule has 1 N–H and O–H groups in total. The van der Waals surface area contributed by atoms with Crippen LogP contribution in [0.1, 0.15) is 18.2 Å². The Labute approximate surface area is 140 Å². The minimum absolute atomic E-state index is 0.177. The molecule has 3 aromatic rings. The fraction of sp³-hybridized carbons (Fsp3) is 0.267. The van der Waals surface area contributed by atoms with Crippen molar-refractivity contribution >= 4 is 28.6 Å². The summed E-state index contributed by atoms with van der Waals surface area (Å²) in [6, 6.07) is 4.08. The maximum absolute atomic E-state index is 13.8. The van der Waals surface area contributed by atoms with E-state index >= 15 is 0 Å². The van der Waals surface area contributed by atoms with Crippen molar-refractivity contribution in [2.24, 2.45) is 0 Å². The molecule has 1 aliphatic rings. The van der Waals surface area contributed by atoms with Crippen molar-refractivity contribution in [2.45, 2.75) is 19.2 Å². The molecule has 2 aromatic heterocycles. The highest BCUT2D eigenvalue weighted by molar-refractivity contribution is 6.31. The first kappa shape index (κ1) is 15.2. The van der Waals surface area contributed by atoms with E-state index in [1.807, 2.05) is 0 Å². The van der Waals surface area contributed by atoms with Gasteiger partial charge in [0.15, 0.2) is 17.0 Å². The molecule has 24 heavy (non-hydrogen) atoms. The van der Waals surface area contributed by atoms with Gasteiger partial charge in [0.1, 0.15) is 12.0 Å². The van der Waals surface area contributed by atoms with Gasteiger partial charge in [-0.15, -0.1) is 0 Å². The van der Waals surface area contributed by atoms with Crippen LogP contribution in [-0.4, -0.2) is 26.1 Å². The van der Waals surface area contributed by atoms with Crippen molar-refractivity contribution < 1.29 is 13.5 Å². The van der Waals surface area contributed by atoms with Crippen LogP contribution in [0.25, 0.3) is 11.2 Å². The van der Waals surface area contributed by atoms with Gasteiger partial charge < -0.3 is 10.1 Å². The highest BCUT2D eigenvalue weighted by atomic mass is 35.5. The Kier molecular flexibility index (Phi) is 3.78. The average Bonchev–Trinajstić information content (AvgIpc) is 2.88. The first-order valence-corrected chi connectivity index (χ1v) is 7.69. The number of nitrogens with one attached hydrogen (secondary N) is 1. The zero-order chi connectivity index (χ0) is 16.7. The second-order valence-corrected chi connectivity index (χ2v) is 5.78. The second-order valence-electron chi connectivity index (χ2n) is 5.37. The molecule has 0 aliphatic carbocycles. The van der Waals surface area contributed by atoms with E-state index in [4.69, 9.17) is 16.3 Å². The Balaban J connectivity index is 1.65. The number of anilines is 1. The molecule has 4 rings (SSSR count). The number of ether oxygens (including phenoxy) is 1. The topological polar surface area (TPSA) is 64.9 Å². The van der Waals surface area contributed by atoms with E-state index in [0.29, 0.717) is 23.3 Å². The number of aromatic nitrogens is 4. The van der Waals surface area contributed by atoms with E-state index in [0.717, 1.165) is 6.42 Å². The number of rotatable bonds is 4. The van der Waals surface area contributed by atoms with Gasteiger partial charge in [-0.25, -0.2) is 9.37 Å². The summed E-state index contributed by atoms with van der Waals surface area (Å²) in [6.45, 7) is 0.906. The molecule has 1 saturated heterocycles. The van der Waals surface area contributed by atoms with Crippen molar-refractivity contribution in [3.63, 3.8) is 0 Å². The molecule has 1 aliphatic heterocycles. The average molecular weight is 352 g/mol. The predicted molar refractivity (Wildman–Crippen MR) is 83.6 cm³/mol. The smallest absolute Gasteiger partial charge is 0.312 e. The van der Waals surface area contributed by atoms with Crippen LogP contribution in [-0.2, 0) is 11.3 Å². The summed E-state index contributed by atoms with van der Waals surface area (Å²) in [5, 5.41) is 3.26. The highest BCUT2D eigenvalue weighted by Crippen LogP contribution is 2.29. The van der Waals surface area contributed by atoms with E-state index in [2.05, 4.69) is 20.3 Å². The van der Waals surface area contributed by atoms with Crippen LogP contribution >= 0.6 is 11.6 Å². The largest absolute Gasteiger partial charge is 0.364 e. The number of benzene rings is 1. The lowest BCUT2D eigenvalue weighted by Gasteiger charge is -2.27. The van der Waals surface area contributed by atoms with Gasteiger partial charge in [-0.1, -0.05) is 17.7 Å². The Bertz CT molecular complexity index is 912. The molecule has 0 saturated carbocycles. The quantitative estimate of drug-likeness (QED) is 0.731. The summed E-state index contributed by atoms with van der Waals surface area (Å²) in [6.07, 6.45) is 1.34. The number of hydrogen-bond acceptors (Lipinski definition) is 5. The van der Waals surface area contributed by atoms with Gasteiger partial charge in [0.25, 0.3) is 0 Å². The van der Waals surface area contributed by atoms with E-state index < -0.39 is 11.9 Å². The SMILES string of the molecule is Fc1ccc(CNc2nc(F)nc3c2ncn3C2CCO2)c(Cl)c1. The number of fused-ring (bicyclic) bond motifs is 1. The Morgan fingerprint density at radius 2 is 2.17 bits per heavy atom. The van der Waals surface area contributed by atoms with Gasteiger partial charge in [0.2, 0.25) is 0 Å². The van der Waals surface area contributed by atoms with Crippen LogP contribution in [0.15, 0.2) is 24.5 Å². The lowest BCUT2D eigenvalue weighted by Crippen LogP contribution is -2.24. The Hall–Kier alpha value is -2.32. The van der Waals surface area contributed by atoms with E-state index in [9.17, 15) is 8.78 Å². The van der Waals surface area contributed by atoms with Gasteiger partial charge in [0, 0.05) is 18.0 Å². The molecule has 0 amide bonds. The number of halogens is 3. The van der Waals surface area contributed by atoms with E-state index in [1.165, 1.54) is 12.1 Å². The van der Waals surface area contributed by atoms with Crippen molar-refractivity contribution in [1.29, 1.82) is 0 Å². The van der Waals surface area contributed by atoms with Gasteiger partial charge in [0.05, 0.1) is 12.9 Å². The molecular formula is C15H12ClF2N5O. The van der Waals surface area contributed by atoms with Crippen molar-refractivity contribution in [1.82, 2.24) is 19.5 Å². The molecule has 6 nitrogen and oxygen atoms in total. The van der Waals surface area contributed by atoms with Gasteiger partial charge >= 0.3 is 6.08 Å². The number of nitrogens with zero attached hydrogens (tertiary/aromatic N) is 4. The van der Waals surface area contributed by atoms with Crippen LogP contribution in [0, 0.1) is 11.9 Å². The van der Waals surface area contributed by atoms with E-state index in [-0.39, 0.29) is 23.6 Å². The van der Waals surface area contributed by atoms with E-state index in [1.54, 1.807) is 17.0 Å². The monoisotopic (exact) mass is 351 g/mol. The first-order valence-electron chi connectivity index (χ1n) is 7.31. The number of imidazole rings is 1.